The van der Waals surface area contributed by atoms with E-state index < -0.39 is 0 Å². The fourth-order valence-electron chi connectivity index (χ4n) is 2.94. The van der Waals surface area contributed by atoms with Crippen molar-refractivity contribution in [3.05, 3.63) is 39.8 Å². The molecule has 23 heavy (non-hydrogen) atoms. The first-order valence-electron chi connectivity index (χ1n) is 7.76. The number of nitrogens with two attached hydrogens (primary N) is 1. The molecule has 0 saturated carbocycles. The summed E-state index contributed by atoms with van der Waals surface area (Å²) in [5, 5.41) is 3.14. The second-order valence-corrected chi connectivity index (χ2v) is 7.88. The second kappa shape index (κ2) is 7.11. The maximum absolute atomic E-state index is 11.5. The average molecular weight is 394 g/mol. The van der Waals surface area contributed by atoms with Crippen molar-refractivity contribution in [2.75, 3.05) is 6.54 Å². The Hall–Kier alpha value is -1.24. The van der Waals surface area contributed by atoms with Gasteiger partial charge < -0.3 is 5.73 Å². The van der Waals surface area contributed by atoms with E-state index in [1.165, 1.54) is 0 Å². The highest BCUT2D eigenvalue weighted by molar-refractivity contribution is 9.10. The molecule has 1 aromatic heterocycles. The summed E-state index contributed by atoms with van der Waals surface area (Å²) in [6.07, 6.45) is 1.91. The molecule has 2 aromatic rings. The van der Waals surface area contributed by atoms with Crippen molar-refractivity contribution in [1.29, 1.82) is 0 Å². The number of carbonyl (C=O) groups excluding carboxylic acids is 1. The molecule has 122 valence electrons. The standard InChI is InChI=1S/C17H20BrN3OS/c1-11-2-3-13(16(19)22)8-21(11)9-15-10-23-17(20-15)12-4-6-14(18)7-5-12/h4-7,10-11,13H,2-3,8-9H2,1H3,(H2,19,22). The normalized spacial score (nSPS) is 22.2. The van der Waals surface area contributed by atoms with Crippen LogP contribution in [0.2, 0.25) is 0 Å². The fourth-order valence-corrected chi connectivity index (χ4v) is 4.03. The summed E-state index contributed by atoms with van der Waals surface area (Å²) in [4.78, 5) is 18.5. The lowest BCUT2D eigenvalue weighted by atomic mass is 9.93. The van der Waals surface area contributed by atoms with Crippen LogP contribution >= 0.6 is 27.3 Å². The van der Waals surface area contributed by atoms with Crippen molar-refractivity contribution >= 4 is 33.2 Å². The van der Waals surface area contributed by atoms with Crippen LogP contribution in [0.25, 0.3) is 10.6 Å². The molecule has 6 heteroatoms. The number of hydrogen-bond acceptors (Lipinski definition) is 4. The van der Waals surface area contributed by atoms with E-state index in [4.69, 9.17) is 10.7 Å². The van der Waals surface area contributed by atoms with Crippen molar-refractivity contribution in [2.24, 2.45) is 11.7 Å². The SMILES string of the molecule is CC1CCC(C(N)=O)CN1Cc1csc(-c2ccc(Br)cc2)n1. The van der Waals surface area contributed by atoms with E-state index >= 15 is 0 Å². The molecular weight excluding hydrogens is 374 g/mol. The van der Waals surface area contributed by atoms with Crippen LogP contribution in [-0.2, 0) is 11.3 Å². The molecule has 1 fully saturated rings. The topological polar surface area (TPSA) is 59.2 Å². The summed E-state index contributed by atoms with van der Waals surface area (Å²) in [6.45, 7) is 3.72. The maximum Gasteiger partial charge on any atom is 0.221 e. The second-order valence-electron chi connectivity index (χ2n) is 6.11. The van der Waals surface area contributed by atoms with Gasteiger partial charge in [0.25, 0.3) is 0 Å². The van der Waals surface area contributed by atoms with Gasteiger partial charge in [-0.3, -0.25) is 9.69 Å². The van der Waals surface area contributed by atoms with Crippen LogP contribution < -0.4 is 5.73 Å². The molecule has 1 aliphatic heterocycles. The third-order valence-corrected chi connectivity index (χ3v) is 5.89. The first-order valence-corrected chi connectivity index (χ1v) is 9.44. The molecule has 3 rings (SSSR count). The lowest BCUT2D eigenvalue weighted by molar-refractivity contribution is -0.124. The van der Waals surface area contributed by atoms with Gasteiger partial charge in [-0.15, -0.1) is 11.3 Å². The molecule has 0 bridgehead atoms. The molecular formula is C17H20BrN3OS. The molecule has 2 unspecified atom stereocenters. The Bertz CT molecular complexity index is 685. The van der Waals surface area contributed by atoms with Gasteiger partial charge in [0, 0.05) is 34.5 Å². The summed E-state index contributed by atoms with van der Waals surface area (Å²) in [5.41, 5.74) is 7.67. The van der Waals surface area contributed by atoms with Crippen LogP contribution in [0.3, 0.4) is 0 Å². The van der Waals surface area contributed by atoms with Gasteiger partial charge in [-0.25, -0.2) is 4.98 Å². The van der Waals surface area contributed by atoms with E-state index in [1.54, 1.807) is 11.3 Å². The number of amides is 1. The van der Waals surface area contributed by atoms with E-state index in [0.29, 0.717) is 6.04 Å². The number of primary amides is 1. The Kier molecular flexibility index (Phi) is 5.14. The van der Waals surface area contributed by atoms with Crippen LogP contribution in [0.5, 0.6) is 0 Å². The zero-order valence-electron chi connectivity index (χ0n) is 13.0. The van der Waals surface area contributed by atoms with Gasteiger partial charge in [0.2, 0.25) is 5.91 Å². The van der Waals surface area contributed by atoms with Crippen molar-refractivity contribution < 1.29 is 4.79 Å². The number of hydrogen-bond donors (Lipinski definition) is 1. The predicted molar refractivity (Wildman–Crippen MR) is 97.0 cm³/mol. The molecule has 1 aromatic carbocycles. The quantitative estimate of drug-likeness (QED) is 0.861. The number of nitrogens with zero attached hydrogens (tertiary/aromatic N) is 2. The fraction of sp³-hybridized carbons (Fsp3) is 0.412. The highest BCUT2D eigenvalue weighted by atomic mass is 79.9. The van der Waals surface area contributed by atoms with Crippen molar-refractivity contribution in [3.8, 4) is 10.6 Å². The molecule has 2 heterocycles. The summed E-state index contributed by atoms with van der Waals surface area (Å²) in [6, 6.07) is 8.66. The van der Waals surface area contributed by atoms with E-state index in [0.717, 1.165) is 46.7 Å². The summed E-state index contributed by atoms with van der Waals surface area (Å²) >= 11 is 5.11. The summed E-state index contributed by atoms with van der Waals surface area (Å²) < 4.78 is 1.07. The van der Waals surface area contributed by atoms with Gasteiger partial charge in [0.15, 0.2) is 0 Å². The van der Waals surface area contributed by atoms with Crippen LogP contribution in [-0.4, -0.2) is 28.4 Å². The maximum atomic E-state index is 11.5. The number of rotatable bonds is 4. The Morgan fingerprint density at radius 1 is 1.39 bits per heavy atom. The largest absolute Gasteiger partial charge is 0.369 e. The zero-order valence-corrected chi connectivity index (χ0v) is 15.4. The molecule has 1 aliphatic rings. The smallest absolute Gasteiger partial charge is 0.221 e. The summed E-state index contributed by atoms with van der Waals surface area (Å²) in [7, 11) is 0. The summed E-state index contributed by atoms with van der Waals surface area (Å²) in [5.74, 6) is -0.216. The Labute approximate surface area is 148 Å². The van der Waals surface area contributed by atoms with Gasteiger partial charge in [0.1, 0.15) is 5.01 Å². The lowest BCUT2D eigenvalue weighted by Gasteiger charge is -2.36. The monoisotopic (exact) mass is 393 g/mol. The van der Waals surface area contributed by atoms with Crippen molar-refractivity contribution in [3.63, 3.8) is 0 Å². The highest BCUT2D eigenvalue weighted by Gasteiger charge is 2.28. The molecule has 1 amide bonds. The number of aromatic nitrogens is 1. The van der Waals surface area contributed by atoms with Crippen molar-refractivity contribution in [1.82, 2.24) is 9.88 Å². The first kappa shape index (κ1) is 16.6. The van der Waals surface area contributed by atoms with Gasteiger partial charge in [-0.1, -0.05) is 28.1 Å². The molecule has 0 aliphatic carbocycles. The molecule has 4 nitrogen and oxygen atoms in total. The molecule has 0 spiro atoms. The number of likely N-dealkylation sites (tertiary alicyclic amines) is 1. The number of piperidine rings is 1. The van der Waals surface area contributed by atoms with E-state index in [9.17, 15) is 4.79 Å². The van der Waals surface area contributed by atoms with E-state index in [1.807, 2.05) is 12.1 Å². The van der Waals surface area contributed by atoms with Crippen molar-refractivity contribution in [2.45, 2.75) is 32.4 Å². The van der Waals surface area contributed by atoms with Crippen LogP contribution in [0.4, 0.5) is 0 Å². The molecule has 1 saturated heterocycles. The number of halogens is 1. The minimum atomic E-state index is -0.185. The Morgan fingerprint density at radius 3 is 2.83 bits per heavy atom. The number of thiazole rings is 1. The number of carbonyl (C=O) groups is 1. The highest BCUT2D eigenvalue weighted by Crippen LogP contribution is 2.28. The third-order valence-electron chi connectivity index (χ3n) is 4.42. The number of benzene rings is 1. The predicted octanol–water partition coefficient (Wildman–Crippen LogP) is 3.66. The average Bonchev–Trinajstić information content (AvgIpc) is 2.98. The minimum absolute atomic E-state index is 0.0317. The molecule has 2 atom stereocenters. The van der Waals surface area contributed by atoms with Gasteiger partial charge in [0.05, 0.1) is 11.6 Å². The van der Waals surface area contributed by atoms with Crippen LogP contribution in [0.1, 0.15) is 25.5 Å². The zero-order chi connectivity index (χ0) is 16.4. The van der Waals surface area contributed by atoms with E-state index in [-0.39, 0.29) is 11.8 Å². The van der Waals surface area contributed by atoms with Gasteiger partial charge >= 0.3 is 0 Å². The Balaban J connectivity index is 1.70. The third kappa shape index (κ3) is 4.00. The minimum Gasteiger partial charge on any atom is -0.369 e. The first-order chi connectivity index (χ1) is 11.0. The Morgan fingerprint density at radius 2 is 2.13 bits per heavy atom. The molecule has 0 radical (unpaired) electrons. The van der Waals surface area contributed by atoms with Crippen LogP contribution in [0.15, 0.2) is 34.1 Å². The van der Waals surface area contributed by atoms with Gasteiger partial charge in [-0.05, 0) is 31.9 Å². The van der Waals surface area contributed by atoms with Crippen LogP contribution in [0, 0.1) is 5.92 Å². The van der Waals surface area contributed by atoms with Gasteiger partial charge in [-0.2, -0.15) is 0 Å². The van der Waals surface area contributed by atoms with E-state index in [2.05, 4.69) is 45.3 Å². The lowest BCUT2D eigenvalue weighted by Crippen LogP contribution is -2.45. The molecule has 2 N–H and O–H groups in total.